The summed E-state index contributed by atoms with van der Waals surface area (Å²) in [4.78, 5) is 15.4. The van der Waals surface area contributed by atoms with Crippen LogP contribution in [0.3, 0.4) is 0 Å². The molecule has 1 heterocycles. The molecule has 0 aliphatic heterocycles. The lowest BCUT2D eigenvalue weighted by Crippen LogP contribution is -1.97. The first-order valence-corrected chi connectivity index (χ1v) is 4.55. The molecule has 70 valence electrons. The third kappa shape index (κ3) is 1.39. The molecule has 2 aromatic rings. The molecule has 2 rings (SSSR count). The number of rotatable bonds is 1. The number of carbonyl (C=O) groups excluding carboxylic acids is 1. The van der Waals surface area contributed by atoms with E-state index in [0.29, 0.717) is 5.69 Å². The van der Waals surface area contributed by atoms with Crippen LogP contribution in [0.1, 0.15) is 23.0 Å². The smallest absolute Gasteiger partial charge is 0.178 e. The van der Waals surface area contributed by atoms with E-state index in [4.69, 9.17) is 0 Å². The van der Waals surface area contributed by atoms with E-state index in [0.717, 1.165) is 10.8 Å². The van der Waals surface area contributed by atoms with Gasteiger partial charge in [0.15, 0.2) is 5.78 Å². The Labute approximate surface area is 82.6 Å². The summed E-state index contributed by atoms with van der Waals surface area (Å²) in [5.41, 5.74) is 1.75. The molecule has 14 heavy (non-hydrogen) atoms. The largest absolute Gasteiger partial charge is 0.293 e. The van der Waals surface area contributed by atoms with Gasteiger partial charge in [0.2, 0.25) is 0 Å². The lowest BCUT2D eigenvalue weighted by molar-refractivity contribution is 0.101. The standard InChI is InChI=1S/C12H11NO/c1-8-3-4-11-10(7-8)5-6-13-12(11)9(2)14/h3-7H,1-2H3. The van der Waals surface area contributed by atoms with Crippen molar-refractivity contribution in [3.8, 4) is 0 Å². The number of benzene rings is 1. The van der Waals surface area contributed by atoms with Crippen LogP contribution in [-0.4, -0.2) is 10.8 Å². The summed E-state index contributed by atoms with van der Waals surface area (Å²) >= 11 is 0. The van der Waals surface area contributed by atoms with E-state index >= 15 is 0 Å². The van der Waals surface area contributed by atoms with Gasteiger partial charge in [-0.05, 0) is 18.4 Å². The zero-order valence-electron chi connectivity index (χ0n) is 8.24. The normalized spacial score (nSPS) is 10.4. The molecule has 2 heteroatoms. The van der Waals surface area contributed by atoms with Gasteiger partial charge in [-0.3, -0.25) is 9.78 Å². The molecule has 1 aromatic heterocycles. The average Bonchev–Trinajstić information content (AvgIpc) is 2.16. The number of ketones is 1. The van der Waals surface area contributed by atoms with Crippen LogP contribution in [0.5, 0.6) is 0 Å². The lowest BCUT2D eigenvalue weighted by atomic mass is 10.1. The number of aromatic nitrogens is 1. The monoisotopic (exact) mass is 185 g/mol. The highest BCUT2D eigenvalue weighted by Crippen LogP contribution is 2.18. The van der Waals surface area contributed by atoms with Gasteiger partial charge in [-0.2, -0.15) is 0 Å². The zero-order valence-corrected chi connectivity index (χ0v) is 8.24. The van der Waals surface area contributed by atoms with E-state index in [2.05, 4.69) is 11.1 Å². The van der Waals surface area contributed by atoms with Crippen LogP contribution in [0.4, 0.5) is 0 Å². The van der Waals surface area contributed by atoms with Crippen molar-refractivity contribution in [2.24, 2.45) is 0 Å². The number of carbonyl (C=O) groups is 1. The van der Waals surface area contributed by atoms with E-state index in [-0.39, 0.29) is 5.78 Å². The number of fused-ring (bicyclic) bond motifs is 1. The quantitative estimate of drug-likeness (QED) is 0.639. The van der Waals surface area contributed by atoms with Gasteiger partial charge < -0.3 is 0 Å². The molecular weight excluding hydrogens is 174 g/mol. The molecule has 0 aliphatic rings. The van der Waals surface area contributed by atoms with E-state index in [1.54, 1.807) is 13.1 Å². The Hall–Kier alpha value is -1.70. The Kier molecular flexibility index (Phi) is 2.04. The lowest BCUT2D eigenvalue weighted by Gasteiger charge is -2.02. The second-order valence-electron chi connectivity index (χ2n) is 3.44. The minimum absolute atomic E-state index is 0.0134. The summed E-state index contributed by atoms with van der Waals surface area (Å²) in [5, 5.41) is 2.01. The van der Waals surface area contributed by atoms with Crippen molar-refractivity contribution >= 4 is 16.6 Å². The number of nitrogens with zero attached hydrogens (tertiary/aromatic N) is 1. The van der Waals surface area contributed by atoms with Crippen molar-refractivity contribution < 1.29 is 4.79 Å². The molecule has 0 amide bonds. The van der Waals surface area contributed by atoms with Gasteiger partial charge in [-0.1, -0.05) is 23.8 Å². The summed E-state index contributed by atoms with van der Waals surface area (Å²) in [7, 11) is 0. The molecular formula is C12H11NO. The summed E-state index contributed by atoms with van der Waals surface area (Å²) in [6.45, 7) is 3.58. The number of hydrogen-bond donors (Lipinski definition) is 0. The van der Waals surface area contributed by atoms with Gasteiger partial charge in [-0.15, -0.1) is 0 Å². The van der Waals surface area contributed by atoms with Gasteiger partial charge in [0.1, 0.15) is 5.69 Å². The molecule has 0 unspecified atom stereocenters. The number of Topliss-reactive ketones (excluding diaryl/α,β-unsaturated/α-hetero) is 1. The second kappa shape index (κ2) is 3.22. The van der Waals surface area contributed by atoms with Crippen molar-refractivity contribution in [1.29, 1.82) is 0 Å². The highest BCUT2D eigenvalue weighted by Gasteiger charge is 2.05. The number of aryl methyl sites for hydroxylation is 1. The summed E-state index contributed by atoms with van der Waals surface area (Å²) in [5.74, 6) is 0.0134. The van der Waals surface area contributed by atoms with E-state index < -0.39 is 0 Å². The molecule has 2 nitrogen and oxygen atoms in total. The van der Waals surface area contributed by atoms with Gasteiger partial charge in [0, 0.05) is 18.5 Å². The summed E-state index contributed by atoms with van der Waals surface area (Å²) in [6.07, 6.45) is 1.68. The first-order valence-electron chi connectivity index (χ1n) is 4.55. The van der Waals surface area contributed by atoms with Gasteiger partial charge in [0.05, 0.1) is 0 Å². The van der Waals surface area contributed by atoms with Crippen molar-refractivity contribution in [1.82, 2.24) is 4.98 Å². The van der Waals surface area contributed by atoms with Crippen LogP contribution in [-0.2, 0) is 0 Å². The minimum atomic E-state index is 0.0134. The second-order valence-corrected chi connectivity index (χ2v) is 3.44. The fraction of sp³-hybridized carbons (Fsp3) is 0.167. The summed E-state index contributed by atoms with van der Waals surface area (Å²) < 4.78 is 0. The first-order chi connectivity index (χ1) is 6.68. The van der Waals surface area contributed by atoms with Crippen LogP contribution >= 0.6 is 0 Å². The van der Waals surface area contributed by atoms with Crippen molar-refractivity contribution in [2.45, 2.75) is 13.8 Å². The molecule has 0 aliphatic carbocycles. The molecule has 1 aromatic carbocycles. The van der Waals surface area contributed by atoms with E-state index in [1.807, 2.05) is 25.1 Å². The SMILES string of the molecule is CC(=O)c1nccc2cc(C)ccc12. The Morgan fingerprint density at radius 2 is 2.07 bits per heavy atom. The maximum Gasteiger partial charge on any atom is 0.178 e. The van der Waals surface area contributed by atoms with Crippen molar-refractivity contribution in [2.75, 3.05) is 0 Å². The van der Waals surface area contributed by atoms with Crippen molar-refractivity contribution in [3.63, 3.8) is 0 Å². The first kappa shape index (κ1) is 8.88. The molecule has 0 spiro atoms. The average molecular weight is 185 g/mol. The summed E-state index contributed by atoms with van der Waals surface area (Å²) in [6, 6.07) is 7.93. The third-order valence-corrected chi connectivity index (χ3v) is 2.25. The number of hydrogen-bond acceptors (Lipinski definition) is 2. The fourth-order valence-electron chi connectivity index (χ4n) is 1.58. The molecule has 0 saturated heterocycles. The van der Waals surface area contributed by atoms with Crippen LogP contribution in [0.2, 0.25) is 0 Å². The molecule has 0 bridgehead atoms. The van der Waals surface area contributed by atoms with Gasteiger partial charge in [0.25, 0.3) is 0 Å². The zero-order chi connectivity index (χ0) is 10.1. The van der Waals surface area contributed by atoms with E-state index in [1.165, 1.54) is 5.56 Å². The Morgan fingerprint density at radius 1 is 1.29 bits per heavy atom. The van der Waals surface area contributed by atoms with Crippen LogP contribution in [0, 0.1) is 6.92 Å². The highest BCUT2D eigenvalue weighted by atomic mass is 16.1. The predicted octanol–water partition coefficient (Wildman–Crippen LogP) is 2.75. The predicted molar refractivity (Wildman–Crippen MR) is 56.5 cm³/mol. The maximum absolute atomic E-state index is 11.3. The molecule has 0 fully saturated rings. The topological polar surface area (TPSA) is 30.0 Å². The molecule has 0 N–H and O–H groups in total. The minimum Gasteiger partial charge on any atom is -0.293 e. The van der Waals surface area contributed by atoms with Gasteiger partial charge in [-0.25, -0.2) is 0 Å². The Morgan fingerprint density at radius 3 is 2.79 bits per heavy atom. The maximum atomic E-state index is 11.3. The Balaban J connectivity index is 2.81. The van der Waals surface area contributed by atoms with E-state index in [9.17, 15) is 4.79 Å². The van der Waals surface area contributed by atoms with Crippen LogP contribution < -0.4 is 0 Å². The molecule has 0 saturated carbocycles. The fourth-order valence-corrected chi connectivity index (χ4v) is 1.58. The third-order valence-electron chi connectivity index (χ3n) is 2.25. The Bertz CT molecular complexity index is 503. The molecule has 0 radical (unpaired) electrons. The van der Waals surface area contributed by atoms with Crippen LogP contribution in [0.15, 0.2) is 30.5 Å². The highest BCUT2D eigenvalue weighted by molar-refractivity contribution is 6.05. The molecule has 0 atom stereocenters. The van der Waals surface area contributed by atoms with Crippen molar-refractivity contribution in [3.05, 3.63) is 41.7 Å². The van der Waals surface area contributed by atoms with Gasteiger partial charge >= 0.3 is 0 Å². The number of pyridine rings is 1. The van der Waals surface area contributed by atoms with Crippen LogP contribution in [0.25, 0.3) is 10.8 Å².